The molecule has 1 aliphatic heterocycles. The van der Waals surface area contributed by atoms with Crippen LogP contribution in [-0.4, -0.2) is 35.3 Å². The van der Waals surface area contributed by atoms with Gasteiger partial charge in [0.1, 0.15) is 11.9 Å². The Bertz CT molecular complexity index is 780. The summed E-state index contributed by atoms with van der Waals surface area (Å²) >= 11 is 0. The zero-order valence-electron chi connectivity index (χ0n) is 15.3. The molecule has 2 heterocycles. The van der Waals surface area contributed by atoms with Crippen LogP contribution < -0.4 is 11.1 Å². The van der Waals surface area contributed by atoms with Crippen LogP contribution in [0, 0.1) is 18.7 Å². The summed E-state index contributed by atoms with van der Waals surface area (Å²) in [6, 6.07) is 3.63. The highest BCUT2D eigenvalue weighted by molar-refractivity contribution is 5.85. The molecule has 0 spiro atoms. The highest BCUT2D eigenvalue weighted by Gasteiger charge is 2.28. The van der Waals surface area contributed by atoms with Crippen molar-refractivity contribution < 1.29 is 18.4 Å². The second-order valence-electron chi connectivity index (χ2n) is 6.63. The van der Waals surface area contributed by atoms with E-state index in [4.69, 9.17) is 15.0 Å². The first-order valence-electron chi connectivity index (χ1n) is 8.69. The molecule has 0 aliphatic carbocycles. The molecule has 1 saturated heterocycles. The van der Waals surface area contributed by atoms with E-state index in [0.717, 1.165) is 12.8 Å². The molecule has 3 rings (SSSR count). The zero-order valence-corrected chi connectivity index (χ0v) is 16.1. The van der Waals surface area contributed by atoms with Crippen molar-refractivity contribution in [3.8, 4) is 11.4 Å². The fourth-order valence-corrected chi connectivity index (χ4v) is 2.92. The lowest BCUT2D eigenvalue weighted by Gasteiger charge is -2.27. The number of hydrogen-bond acceptors (Lipinski definition) is 6. The molecule has 1 amide bonds. The normalized spacial score (nSPS) is 17.0. The summed E-state index contributed by atoms with van der Waals surface area (Å²) in [4.78, 5) is 16.6. The molecule has 148 valence electrons. The number of nitrogens with zero attached hydrogens (tertiary/aromatic N) is 2. The lowest BCUT2D eigenvalue weighted by Crippen LogP contribution is -2.47. The number of benzene rings is 1. The average molecular weight is 399 g/mol. The van der Waals surface area contributed by atoms with E-state index in [0.29, 0.717) is 24.3 Å². The molecule has 0 radical (unpaired) electrons. The molecule has 1 aromatic carbocycles. The summed E-state index contributed by atoms with van der Waals surface area (Å²) in [6.45, 7) is 4.67. The van der Waals surface area contributed by atoms with Crippen molar-refractivity contribution in [2.24, 2.45) is 11.7 Å². The van der Waals surface area contributed by atoms with E-state index < -0.39 is 12.1 Å². The predicted molar refractivity (Wildman–Crippen MR) is 99.8 cm³/mol. The molecule has 9 heteroatoms. The molecule has 2 aromatic rings. The fourth-order valence-electron chi connectivity index (χ4n) is 2.92. The van der Waals surface area contributed by atoms with Crippen LogP contribution in [0.15, 0.2) is 22.7 Å². The standard InChI is InChI=1S/C18H23FN4O3.ClH/c1-10-3-4-13(9-14(10)19)16-22-18(26-23-16)11(2)21-17(24)15(20)12-5-7-25-8-6-12;/h3-4,9,11-12,15H,5-8,20H2,1-2H3,(H,21,24);1H. The van der Waals surface area contributed by atoms with Gasteiger partial charge in [-0.15, -0.1) is 12.4 Å². The minimum absolute atomic E-state index is 0. The number of carbonyl (C=O) groups excluding carboxylic acids is 1. The van der Waals surface area contributed by atoms with E-state index in [1.165, 1.54) is 6.07 Å². The van der Waals surface area contributed by atoms with Gasteiger partial charge in [-0.2, -0.15) is 4.98 Å². The Morgan fingerprint density at radius 3 is 2.74 bits per heavy atom. The molecule has 2 unspecified atom stereocenters. The van der Waals surface area contributed by atoms with Crippen LogP contribution in [0.3, 0.4) is 0 Å². The Morgan fingerprint density at radius 2 is 2.07 bits per heavy atom. The monoisotopic (exact) mass is 398 g/mol. The largest absolute Gasteiger partial charge is 0.381 e. The summed E-state index contributed by atoms with van der Waals surface area (Å²) in [7, 11) is 0. The number of amides is 1. The van der Waals surface area contributed by atoms with Gasteiger partial charge in [0.2, 0.25) is 17.6 Å². The van der Waals surface area contributed by atoms with Gasteiger partial charge in [-0.05, 0) is 44.2 Å². The first-order valence-corrected chi connectivity index (χ1v) is 8.69. The second-order valence-corrected chi connectivity index (χ2v) is 6.63. The third-order valence-electron chi connectivity index (χ3n) is 4.68. The van der Waals surface area contributed by atoms with Crippen LogP contribution in [0.5, 0.6) is 0 Å². The number of carbonyl (C=O) groups is 1. The van der Waals surface area contributed by atoms with Gasteiger partial charge in [0.25, 0.3) is 0 Å². The number of halogens is 2. The summed E-state index contributed by atoms with van der Waals surface area (Å²) in [5.74, 6) is 0.0233. The predicted octanol–water partition coefficient (Wildman–Crippen LogP) is 2.54. The first-order chi connectivity index (χ1) is 12.5. The zero-order chi connectivity index (χ0) is 18.7. The molecule has 1 fully saturated rings. The van der Waals surface area contributed by atoms with Crippen molar-refractivity contribution in [1.82, 2.24) is 15.5 Å². The number of hydrogen-bond donors (Lipinski definition) is 2. The average Bonchev–Trinajstić information content (AvgIpc) is 3.14. The van der Waals surface area contributed by atoms with Crippen molar-refractivity contribution in [2.75, 3.05) is 13.2 Å². The highest BCUT2D eigenvalue weighted by atomic mass is 35.5. The Labute approximate surface area is 163 Å². The molecule has 1 aliphatic rings. The van der Waals surface area contributed by atoms with E-state index in [1.54, 1.807) is 26.0 Å². The van der Waals surface area contributed by atoms with E-state index in [-0.39, 0.29) is 41.8 Å². The number of aromatic nitrogens is 2. The van der Waals surface area contributed by atoms with Crippen LogP contribution in [0.4, 0.5) is 4.39 Å². The van der Waals surface area contributed by atoms with Crippen LogP contribution in [0.1, 0.15) is 37.3 Å². The van der Waals surface area contributed by atoms with Crippen LogP contribution in [-0.2, 0) is 9.53 Å². The maximum absolute atomic E-state index is 13.7. The topological polar surface area (TPSA) is 103 Å². The van der Waals surface area contributed by atoms with Gasteiger partial charge in [0.15, 0.2) is 0 Å². The van der Waals surface area contributed by atoms with E-state index >= 15 is 0 Å². The molecular weight excluding hydrogens is 375 g/mol. The third kappa shape index (κ3) is 5.03. The summed E-state index contributed by atoms with van der Waals surface area (Å²) in [6.07, 6.45) is 1.54. The number of aryl methyl sites for hydroxylation is 1. The van der Waals surface area contributed by atoms with Crippen LogP contribution in [0.25, 0.3) is 11.4 Å². The number of ether oxygens (including phenoxy) is 1. The Hall–Kier alpha value is -2.03. The van der Waals surface area contributed by atoms with Crippen molar-refractivity contribution in [3.63, 3.8) is 0 Å². The van der Waals surface area contributed by atoms with Gasteiger partial charge in [0.05, 0.1) is 6.04 Å². The lowest BCUT2D eigenvalue weighted by atomic mass is 9.92. The maximum atomic E-state index is 13.7. The summed E-state index contributed by atoms with van der Waals surface area (Å²) in [5, 5.41) is 6.67. The van der Waals surface area contributed by atoms with Gasteiger partial charge in [-0.25, -0.2) is 4.39 Å². The molecule has 0 bridgehead atoms. The molecule has 1 aromatic heterocycles. The SMILES string of the molecule is Cc1ccc(-c2noc(C(C)NC(=O)C(N)C3CCOCC3)n2)cc1F.Cl. The van der Waals surface area contributed by atoms with Crippen molar-refractivity contribution in [1.29, 1.82) is 0 Å². The quantitative estimate of drug-likeness (QED) is 0.802. The van der Waals surface area contributed by atoms with Gasteiger partial charge < -0.3 is 20.3 Å². The number of rotatable bonds is 5. The minimum atomic E-state index is -0.602. The Balaban J connectivity index is 0.00000261. The molecule has 3 N–H and O–H groups in total. The fraction of sp³-hybridized carbons (Fsp3) is 0.500. The smallest absolute Gasteiger partial charge is 0.249 e. The van der Waals surface area contributed by atoms with E-state index in [2.05, 4.69) is 15.5 Å². The van der Waals surface area contributed by atoms with Crippen molar-refractivity contribution >= 4 is 18.3 Å². The highest BCUT2D eigenvalue weighted by Crippen LogP contribution is 2.22. The van der Waals surface area contributed by atoms with Crippen molar-refractivity contribution in [3.05, 3.63) is 35.5 Å². The van der Waals surface area contributed by atoms with Gasteiger partial charge in [-0.1, -0.05) is 17.3 Å². The minimum Gasteiger partial charge on any atom is -0.381 e. The number of nitrogens with two attached hydrogens (primary N) is 1. The first kappa shape index (κ1) is 21.3. The van der Waals surface area contributed by atoms with Gasteiger partial charge in [0, 0.05) is 18.8 Å². The van der Waals surface area contributed by atoms with E-state index in [1.807, 2.05) is 0 Å². The third-order valence-corrected chi connectivity index (χ3v) is 4.68. The second kappa shape index (κ2) is 9.25. The van der Waals surface area contributed by atoms with Crippen LogP contribution >= 0.6 is 12.4 Å². The maximum Gasteiger partial charge on any atom is 0.249 e. The van der Waals surface area contributed by atoms with Crippen LogP contribution in [0.2, 0.25) is 0 Å². The molecule has 27 heavy (non-hydrogen) atoms. The van der Waals surface area contributed by atoms with Gasteiger partial charge >= 0.3 is 0 Å². The summed E-state index contributed by atoms with van der Waals surface area (Å²) in [5.41, 5.74) is 7.13. The number of nitrogens with one attached hydrogen (secondary N) is 1. The summed E-state index contributed by atoms with van der Waals surface area (Å²) < 4.78 is 24.2. The molecule has 2 atom stereocenters. The Kier molecular flexibility index (Phi) is 7.29. The van der Waals surface area contributed by atoms with E-state index in [9.17, 15) is 9.18 Å². The van der Waals surface area contributed by atoms with Crippen molar-refractivity contribution in [2.45, 2.75) is 38.8 Å². The molecule has 0 saturated carbocycles. The molecular formula is C18H24ClFN4O3. The molecule has 7 nitrogen and oxygen atoms in total. The Morgan fingerprint density at radius 1 is 1.37 bits per heavy atom. The lowest BCUT2D eigenvalue weighted by molar-refractivity contribution is -0.125. The van der Waals surface area contributed by atoms with Gasteiger partial charge in [-0.3, -0.25) is 4.79 Å².